The smallest absolute Gasteiger partial charge is 0.175 e. The first-order chi connectivity index (χ1) is 17.5. The third kappa shape index (κ3) is 3.25. The maximum Gasteiger partial charge on any atom is 0.175 e. The zero-order chi connectivity index (χ0) is 25.0. The number of aromatic nitrogens is 2. The fourth-order valence-corrected chi connectivity index (χ4v) is 5.63. The number of terminal acetylenes is 1. The minimum atomic E-state index is -0.559. The number of halogens is 2. The average Bonchev–Trinajstić information content (AvgIpc) is 3.17. The quantitative estimate of drug-likeness (QED) is 0.234. The van der Waals surface area contributed by atoms with Crippen LogP contribution < -0.4 is 4.90 Å². The molecule has 2 aliphatic rings. The van der Waals surface area contributed by atoms with E-state index in [-0.39, 0.29) is 22.8 Å². The average molecular weight is 481 g/mol. The molecule has 0 N–H and O–H groups in total. The summed E-state index contributed by atoms with van der Waals surface area (Å²) >= 11 is 0. The number of aryl methyl sites for hydroxylation is 1. The summed E-state index contributed by atoms with van der Waals surface area (Å²) in [7, 11) is 0. The molecule has 4 aromatic rings. The molecule has 2 aromatic heterocycles. The minimum absolute atomic E-state index is 0.0864. The molecule has 7 heteroatoms. The third-order valence-corrected chi connectivity index (χ3v) is 7.30. The highest BCUT2D eigenvalue weighted by atomic mass is 19.1. The summed E-state index contributed by atoms with van der Waals surface area (Å²) in [5, 5.41) is 1.80. The summed E-state index contributed by atoms with van der Waals surface area (Å²) in [6.07, 6.45) is 12.4. The molecule has 5 nitrogen and oxygen atoms in total. The van der Waals surface area contributed by atoms with Gasteiger partial charge in [0.2, 0.25) is 0 Å². The lowest BCUT2D eigenvalue weighted by Gasteiger charge is -2.48. The van der Waals surface area contributed by atoms with E-state index in [9.17, 15) is 9.18 Å². The Kier molecular flexibility index (Phi) is 5.18. The highest BCUT2D eigenvalue weighted by molar-refractivity contribution is 6.02. The summed E-state index contributed by atoms with van der Waals surface area (Å²) in [6, 6.07) is 10.8. The van der Waals surface area contributed by atoms with Gasteiger partial charge in [0.25, 0.3) is 0 Å². The number of fused-ring (bicyclic) bond motifs is 3. The molecule has 4 heterocycles. The summed E-state index contributed by atoms with van der Waals surface area (Å²) in [5.74, 6) is 1.32. The number of hydrogen-bond donors (Lipinski definition) is 0. The van der Waals surface area contributed by atoms with Crippen LogP contribution in [0.2, 0.25) is 0 Å². The molecule has 0 unspecified atom stereocenters. The molecule has 0 saturated carbocycles. The van der Waals surface area contributed by atoms with Gasteiger partial charge in [-0.1, -0.05) is 30.2 Å². The molecule has 0 amide bonds. The number of hydrogen-bond acceptors (Lipinski definition) is 5. The molecular formula is C29H22F2N4O. The van der Waals surface area contributed by atoms with Crippen molar-refractivity contribution in [1.29, 1.82) is 0 Å². The van der Waals surface area contributed by atoms with Gasteiger partial charge < -0.3 is 9.80 Å². The number of pyridine rings is 2. The van der Waals surface area contributed by atoms with Gasteiger partial charge in [-0.2, -0.15) is 0 Å². The lowest BCUT2D eigenvalue weighted by atomic mass is 9.94. The molecule has 2 aromatic carbocycles. The van der Waals surface area contributed by atoms with Crippen molar-refractivity contribution in [3.05, 3.63) is 77.8 Å². The van der Waals surface area contributed by atoms with Gasteiger partial charge in [-0.15, -0.1) is 6.42 Å². The summed E-state index contributed by atoms with van der Waals surface area (Å²) < 4.78 is 30.6. The van der Waals surface area contributed by atoms with Gasteiger partial charge in [0.15, 0.2) is 5.82 Å². The molecule has 2 fully saturated rings. The van der Waals surface area contributed by atoms with Crippen molar-refractivity contribution < 1.29 is 13.6 Å². The van der Waals surface area contributed by atoms with Crippen LogP contribution in [0.4, 0.5) is 14.5 Å². The number of benzene rings is 2. The summed E-state index contributed by atoms with van der Waals surface area (Å²) in [6.45, 7) is 3.48. The van der Waals surface area contributed by atoms with E-state index in [4.69, 9.17) is 6.42 Å². The van der Waals surface area contributed by atoms with Gasteiger partial charge in [-0.25, -0.2) is 13.8 Å². The van der Waals surface area contributed by atoms with Gasteiger partial charge in [-0.05, 0) is 36.9 Å². The lowest BCUT2D eigenvalue weighted by Crippen LogP contribution is -2.61. The van der Waals surface area contributed by atoms with Crippen molar-refractivity contribution >= 4 is 33.6 Å². The maximum absolute atomic E-state index is 16.1. The molecule has 2 atom stereocenters. The zero-order valence-electron chi connectivity index (χ0n) is 19.6. The maximum atomic E-state index is 16.1. The Morgan fingerprint density at radius 2 is 2.06 bits per heavy atom. The van der Waals surface area contributed by atoms with Crippen molar-refractivity contribution in [2.45, 2.75) is 25.4 Å². The van der Waals surface area contributed by atoms with Crippen LogP contribution in [0.3, 0.4) is 0 Å². The Bertz CT molecular complexity index is 1620. The van der Waals surface area contributed by atoms with Gasteiger partial charge in [-0.3, -0.25) is 9.78 Å². The molecule has 6 rings (SSSR count). The predicted octanol–water partition coefficient (Wildman–Crippen LogP) is 4.99. The van der Waals surface area contributed by atoms with E-state index in [1.54, 1.807) is 24.4 Å². The number of likely N-dealkylation sites (tertiary alicyclic amines) is 1. The molecule has 2 saturated heterocycles. The van der Waals surface area contributed by atoms with E-state index in [2.05, 4.69) is 25.7 Å². The van der Waals surface area contributed by atoms with Crippen molar-refractivity contribution in [1.82, 2.24) is 14.9 Å². The Balaban J connectivity index is 1.47. The van der Waals surface area contributed by atoms with Gasteiger partial charge in [0.1, 0.15) is 23.3 Å². The topological polar surface area (TPSA) is 49.3 Å². The Morgan fingerprint density at radius 3 is 2.86 bits per heavy atom. The largest absolute Gasteiger partial charge is 0.370 e. The van der Waals surface area contributed by atoms with E-state index < -0.39 is 11.6 Å². The Morgan fingerprint density at radius 1 is 1.19 bits per heavy atom. The zero-order valence-corrected chi connectivity index (χ0v) is 19.6. The number of carbonyl (C=O) groups is 1. The monoisotopic (exact) mass is 480 g/mol. The van der Waals surface area contributed by atoms with Crippen LogP contribution in [0, 0.1) is 30.9 Å². The summed E-state index contributed by atoms with van der Waals surface area (Å²) in [5.41, 5.74) is 2.42. The lowest BCUT2D eigenvalue weighted by molar-refractivity contribution is -0.104. The van der Waals surface area contributed by atoms with Crippen molar-refractivity contribution in [2.75, 3.05) is 18.0 Å². The predicted molar refractivity (Wildman–Crippen MR) is 137 cm³/mol. The van der Waals surface area contributed by atoms with Crippen molar-refractivity contribution in [3.8, 4) is 23.6 Å². The number of nitrogens with zero attached hydrogens (tertiary/aromatic N) is 4. The fourth-order valence-electron chi connectivity index (χ4n) is 5.63. The molecular weight excluding hydrogens is 458 g/mol. The van der Waals surface area contributed by atoms with E-state index in [1.807, 2.05) is 25.3 Å². The van der Waals surface area contributed by atoms with E-state index in [1.165, 1.54) is 12.1 Å². The number of carbonyl (C=O) groups excluding carboxylic acids is 1. The van der Waals surface area contributed by atoms with Crippen LogP contribution in [0.1, 0.15) is 17.7 Å². The number of anilines is 1. The highest BCUT2D eigenvalue weighted by Crippen LogP contribution is 2.41. The second kappa shape index (κ2) is 8.42. The second-order valence-electron chi connectivity index (χ2n) is 9.23. The van der Waals surface area contributed by atoms with Crippen LogP contribution in [-0.2, 0) is 4.79 Å². The van der Waals surface area contributed by atoms with Crippen LogP contribution >= 0.6 is 0 Å². The molecule has 0 radical (unpaired) electrons. The van der Waals surface area contributed by atoms with Crippen molar-refractivity contribution in [3.63, 3.8) is 0 Å². The molecule has 2 aliphatic heterocycles. The molecule has 0 aliphatic carbocycles. The van der Waals surface area contributed by atoms with Crippen LogP contribution in [0.15, 0.2) is 54.9 Å². The summed E-state index contributed by atoms with van der Waals surface area (Å²) in [4.78, 5) is 24.2. The van der Waals surface area contributed by atoms with Crippen LogP contribution in [0.5, 0.6) is 0 Å². The standard InChI is InChI=1S/C29H22F2N4O/c1-3-19-22(30)9-8-18-6-4-7-20(26(18)19)28-27(31)29-21(15-32-28)24(14-17(2)33-29)35-16-25-23(35)10-12-34(25)11-5-13-36/h1,4-9,11,13-15,23,25H,10,12,16H2,2H3/t23-,25-/m1/s1. The van der Waals surface area contributed by atoms with Crippen LogP contribution in [0.25, 0.3) is 32.9 Å². The minimum Gasteiger partial charge on any atom is -0.370 e. The number of rotatable bonds is 4. The van der Waals surface area contributed by atoms with E-state index in [0.29, 0.717) is 33.5 Å². The first-order valence-electron chi connectivity index (χ1n) is 11.8. The highest BCUT2D eigenvalue weighted by Gasteiger charge is 2.46. The normalized spacial score (nSPS) is 19.1. The molecule has 36 heavy (non-hydrogen) atoms. The Hall–Kier alpha value is -4.31. The first-order valence-corrected chi connectivity index (χ1v) is 11.8. The second-order valence-corrected chi connectivity index (χ2v) is 9.23. The molecule has 0 bridgehead atoms. The van der Waals surface area contributed by atoms with E-state index in [0.717, 1.165) is 31.5 Å². The first kappa shape index (κ1) is 22.2. The van der Waals surface area contributed by atoms with Gasteiger partial charge >= 0.3 is 0 Å². The Labute approximate surface area is 207 Å². The van der Waals surface area contributed by atoms with Gasteiger partial charge in [0, 0.05) is 47.5 Å². The molecule has 178 valence electrons. The molecule has 0 spiro atoms. The fraction of sp³-hybridized carbons (Fsp3) is 0.207. The third-order valence-electron chi connectivity index (χ3n) is 7.30. The van der Waals surface area contributed by atoms with E-state index >= 15 is 4.39 Å². The van der Waals surface area contributed by atoms with Crippen molar-refractivity contribution in [2.24, 2.45) is 0 Å². The number of aldehydes is 1. The van der Waals surface area contributed by atoms with Gasteiger partial charge in [0.05, 0.1) is 23.3 Å². The SMILES string of the molecule is C#Cc1c(F)ccc2cccc(-c3ncc4c(N5C[C@@H]6[C@H]5CCN6C=CC=O)cc(C)nc4c3F)c12. The number of allylic oxidation sites excluding steroid dienone is 1. The van der Waals surface area contributed by atoms with Crippen LogP contribution in [-0.4, -0.2) is 46.3 Å².